The number of carbonyl (C=O) groups excluding carboxylic acids is 1. The molecule has 0 unspecified atom stereocenters. The third kappa shape index (κ3) is 4.03. The van der Waals surface area contributed by atoms with E-state index in [1.54, 1.807) is 24.3 Å². The van der Waals surface area contributed by atoms with Crippen LogP contribution in [0.25, 0.3) is 22.9 Å². The average Bonchev–Trinajstić information content (AvgIpc) is 3.25. The zero-order valence-corrected chi connectivity index (χ0v) is 16.0. The van der Waals surface area contributed by atoms with Gasteiger partial charge in [-0.1, -0.05) is 29.8 Å². The van der Waals surface area contributed by atoms with Gasteiger partial charge in [-0.25, -0.2) is 0 Å². The molecule has 1 heterocycles. The number of amides is 1. The zero-order valence-electron chi connectivity index (χ0n) is 15.3. The van der Waals surface area contributed by atoms with Crippen LogP contribution in [-0.2, 0) is 0 Å². The van der Waals surface area contributed by atoms with Crippen LogP contribution in [0.1, 0.15) is 10.4 Å². The number of nitro groups is 1. The lowest BCUT2D eigenvalue weighted by atomic mass is 10.1. The maximum absolute atomic E-state index is 12.4. The Morgan fingerprint density at radius 3 is 2.20 bits per heavy atom. The Bertz CT molecular complexity index is 1220. The first-order valence-corrected chi connectivity index (χ1v) is 9.14. The van der Waals surface area contributed by atoms with Crippen LogP contribution in [0.4, 0.5) is 11.4 Å². The Kier molecular flexibility index (Phi) is 5.23. The summed E-state index contributed by atoms with van der Waals surface area (Å²) in [5.74, 6) is 0.263. The summed E-state index contributed by atoms with van der Waals surface area (Å²) in [6.45, 7) is 0. The van der Waals surface area contributed by atoms with Crippen molar-refractivity contribution in [1.82, 2.24) is 10.2 Å². The minimum absolute atomic E-state index is 0.0321. The van der Waals surface area contributed by atoms with E-state index in [1.807, 2.05) is 30.3 Å². The van der Waals surface area contributed by atoms with Crippen LogP contribution in [0.2, 0.25) is 5.02 Å². The molecule has 4 rings (SSSR count). The lowest BCUT2D eigenvalue weighted by Crippen LogP contribution is -2.12. The molecule has 0 aliphatic rings. The molecule has 0 spiro atoms. The Labute approximate surface area is 175 Å². The Hall–Kier alpha value is -4.04. The number of rotatable bonds is 5. The smallest absolute Gasteiger partial charge is 0.288 e. The Morgan fingerprint density at radius 1 is 0.933 bits per heavy atom. The molecule has 0 atom stereocenters. The van der Waals surface area contributed by atoms with Gasteiger partial charge in [-0.05, 0) is 48.5 Å². The van der Waals surface area contributed by atoms with Gasteiger partial charge in [0.25, 0.3) is 11.6 Å². The molecule has 3 aromatic carbocycles. The van der Waals surface area contributed by atoms with Gasteiger partial charge in [-0.3, -0.25) is 14.9 Å². The summed E-state index contributed by atoms with van der Waals surface area (Å²) < 4.78 is 5.71. The standard InChI is InChI=1S/C21H13ClN4O4/c22-17-11-8-15(12-18(17)26(28)29)19(27)23-16-9-6-14(7-10-16)21-25-24-20(30-21)13-4-2-1-3-5-13/h1-12H,(H,23,27). The van der Waals surface area contributed by atoms with Crippen molar-refractivity contribution < 1.29 is 14.1 Å². The largest absolute Gasteiger partial charge is 0.416 e. The first-order chi connectivity index (χ1) is 14.5. The molecule has 9 heteroatoms. The molecule has 0 radical (unpaired) electrons. The van der Waals surface area contributed by atoms with E-state index in [0.717, 1.165) is 11.6 Å². The van der Waals surface area contributed by atoms with E-state index in [0.29, 0.717) is 23.0 Å². The lowest BCUT2D eigenvalue weighted by Gasteiger charge is -2.06. The summed E-state index contributed by atoms with van der Waals surface area (Å²) in [6, 6.07) is 20.1. The monoisotopic (exact) mass is 420 g/mol. The topological polar surface area (TPSA) is 111 Å². The molecule has 0 bridgehead atoms. The number of anilines is 1. The summed E-state index contributed by atoms with van der Waals surface area (Å²) in [7, 11) is 0. The van der Waals surface area contributed by atoms with Crippen LogP contribution >= 0.6 is 11.6 Å². The molecule has 1 N–H and O–H groups in total. The molecular weight excluding hydrogens is 408 g/mol. The third-order valence-electron chi connectivity index (χ3n) is 4.24. The molecule has 30 heavy (non-hydrogen) atoms. The molecule has 0 saturated heterocycles. The fraction of sp³-hybridized carbons (Fsp3) is 0. The maximum Gasteiger partial charge on any atom is 0.288 e. The number of hydrogen-bond donors (Lipinski definition) is 1. The van der Waals surface area contributed by atoms with Gasteiger partial charge in [0.1, 0.15) is 5.02 Å². The predicted octanol–water partition coefficient (Wildman–Crippen LogP) is 5.22. The van der Waals surface area contributed by atoms with E-state index in [9.17, 15) is 14.9 Å². The molecule has 0 aliphatic carbocycles. The highest BCUT2D eigenvalue weighted by atomic mass is 35.5. The van der Waals surface area contributed by atoms with Crippen molar-refractivity contribution in [3.05, 3.63) is 93.5 Å². The molecule has 4 aromatic rings. The third-order valence-corrected chi connectivity index (χ3v) is 4.56. The predicted molar refractivity (Wildman–Crippen MR) is 111 cm³/mol. The van der Waals surface area contributed by atoms with Crippen molar-refractivity contribution in [2.75, 3.05) is 5.32 Å². The van der Waals surface area contributed by atoms with Crippen LogP contribution < -0.4 is 5.32 Å². The number of nitro benzene ring substituents is 1. The van der Waals surface area contributed by atoms with E-state index >= 15 is 0 Å². The highest BCUT2D eigenvalue weighted by Gasteiger charge is 2.17. The number of halogens is 1. The minimum atomic E-state index is -0.637. The summed E-state index contributed by atoms with van der Waals surface area (Å²) in [5, 5.41) is 21.7. The molecular formula is C21H13ClN4O4. The molecule has 1 amide bonds. The minimum Gasteiger partial charge on any atom is -0.416 e. The fourth-order valence-electron chi connectivity index (χ4n) is 2.73. The fourth-order valence-corrected chi connectivity index (χ4v) is 2.92. The molecule has 8 nitrogen and oxygen atoms in total. The van der Waals surface area contributed by atoms with Gasteiger partial charge in [0.15, 0.2) is 0 Å². The summed E-state index contributed by atoms with van der Waals surface area (Å²) in [5.41, 5.74) is 1.80. The van der Waals surface area contributed by atoms with Gasteiger partial charge in [-0.15, -0.1) is 10.2 Å². The van der Waals surface area contributed by atoms with Gasteiger partial charge >= 0.3 is 0 Å². The summed E-state index contributed by atoms with van der Waals surface area (Å²) in [6.07, 6.45) is 0. The van der Waals surface area contributed by atoms with Gasteiger partial charge in [-0.2, -0.15) is 0 Å². The van der Waals surface area contributed by atoms with E-state index in [1.165, 1.54) is 12.1 Å². The van der Waals surface area contributed by atoms with Crippen LogP contribution in [-0.4, -0.2) is 21.0 Å². The van der Waals surface area contributed by atoms with Gasteiger partial charge in [0.05, 0.1) is 4.92 Å². The van der Waals surface area contributed by atoms with Crippen molar-refractivity contribution in [2.24, 2.45) is 0 Å². The van der Waals surface area contributed by atoms with Gasteiger partial charge < -0.3 is 9.73 Å². The second-order valence-corrected chi connectivity index (χ2v) is 6.64. The average molecular weight is 421 g/mol. The number of aromatic nitrogens is 2. The van der Waals surface area contributed by atoms with Crippen LogP contribution in [0.3, 0.4) is 0 Å². The molecule has 0 saturated carbocycles. The second kappa shape index (κ2) is 8.14. The molecule has 0 aliphatic heterocycles. The number of carbonyl (C=O) groups is 1. The van der Waals surface area contributed by atoms with Crippen LogP contribution in [0.15, 0.2) is 77.2 Å². The lowest BCUT2D eigenvalue weighted by molar-refractivity contribution is -0.384. The van der Waals surface area contributed by atoms with Gasteiger partial charge in [0.2, 0.25) is 11.8 Å². The first kappa shape index (κ1) is 19.3. The first-order valence-electron chi connectivity index (χ1n) is 8.76. The van der Waals surface area contributed by atoms with Gasteiger partial charge in [0, 0.05) is 28.4 Å². The van der Waals surface area contributed by atoms with Crippen molar-refractivity contribution >= 4 is 28.9 Å². The van der Waals surface area contributed by atoms with Crippen molar-refractivity contribution in [1.29, 1.82) is 0 Å². The normalized spacial score (nSPS) is 10.6. The summed E-state index contributed by atoms with van der Waals surface area (Å²) >= 11 is 5.78. The number of hydrogen-bond acceptors (Lipinski definition) is 6. The van der Waals surface area contributed by atoms with E-state index in [4.69, 9.17) is 16.0 Å². The summed E-state index contributed by atoms with van der Waals surface area (Å²) in [4.78, 5) is 22.7. The highest BCUT2D eigenvalue weighted by Crippen LogP contribution is 2.27. The van der Waals surface area contributed by atoms with Crippen LogP contribution in [0, 0.1) is 10.1 Å². The Balaban J connectivity index is 1.49. The molecule has 1 aromatic heterocycles. The van der Waals surface area contributed by atoms with Crippen molar-refractivity contribution in [2.45, 2.75) is 0 Å². The number of nitrogens with zero attached hydrogens (tertiary/aromatic N) is 3. The molecule has 0 fully saturated rings. The second-order valence-electron chi connectivity index (χ2n) is 6.23. The SMILES string of the molecule is O=C(Nc1ccc(-c2nnc(-c3ccccc3)o2)cc1)c1ccc(Cl)c([N+](=O)[O-])c1. The quantitative estimate of drug-likeness (QED) is 0.350. The van der Waals surface area contributed by atoms with Crippen molar-refractivity contribution in [3.8, 4) is 22.9 Å². The van der Waals surface area contributed by atoms with E-state index < -0.39 is 10.8 Å². The van der Waals surface area contributed by atoms with E-state index in [2.05, 4.69) is 15.5 Å². The molecule has 148 valence electrons. The highest BCUT2D eigenvalue weighted by molar-refractivity contribution is 6.32. The number of nitrogens with one attached hydrogen (secondary N) is 1. The Morgan fingerprint density at radius 2 is 1.57 bits per heavy atom. The van der Waals surface area contributed by atoms with Crippen LogP contribution in [0.5, 0.6) is 0 Å². The zero-order chi connectivity index (χ0) is 21.1. The maximum atomic E-state index is 12.4. The number of benzene rings is 3. The van der Waals surface area contributed by atoms with Crippen molar-refractivity contribution in [3.63, 3.8) is 0 Å². The van der Waals surface area contributed by atoms with E-state index in [-0.39, 0.29) is 16.3 Å².